The fourth-order valence-electron chi connectivity index (χ4n) is 3.70. The Morgan fingerprint density at radius 2 is 1.77 bits per heavy atom. The zero-order valence-electron chi connectivity index (χ0n) is 17.3. The summed E-state index contributed by atoms with van der Waals surface area (Å²) in [4.78, 5) is 44.5. The highest BCUT2D eigenvalue weighted by Gasteiger charge is 2.20. The molecule has 10 heteroatoms. The second-order valence-corrected chi connectivity index (χ2v) is 7.97. The van der Waals surface area contributed by atoms with Gasteiger partial charge in [-0.05, 0) is 37.1 Å². The molecule has 0 unspecified atom stereocenters. The Kier molecular flexibility index (Phi) is 5.69. The van der Waals surface area contributed by atoms with Crippen LogP contribution in [0.2, 0.25) is 5.02 Å². The number of anilines is 3. The number of hydrogen-bond acceptors (Lipinski definition) is 6. The van der Waals surface area contributed by atoms with Gasteiger partial charge in [0.05, 0.1) is 12.2 Å². The minimum atomic E-state index is -0.459. The molecule has 162 valence electrons. The number of halogens is 1. The van der Waals surface area contributed by atoms with Crippen molar-refractivity contribution in [2.24, 2.45) is 14.1 Å². The molecular weight excluding hydrogens is 420 g/mol. The van der Waals surface area contributed by atoms with Gasteiger partial charge in [-0.3, -0.25) is 18.7 Å². The van der Waals surface area contributed by atoms with Gasteiger partial charge in [0.1, 0.15) is 11.2 Å². The molecule has 31 heavy (non-hydrogen) atoms. The van der Waals surface area contributed by atoms with Crippen molar-refractivity contribution in [3.63, 3.8) is 0 Å². The number of pyridine rings is 1. The highest BCUT2D eigenvalue weighted by atomic mass is 35.5. The van der Waals surface area contributed by atoms with Gasteiger partial charge in [-0.25, -0.2) is 9.78 Å². The summed E-state index contributed by atoms with van der Waals surface area (Å²) in [6.07, 6.45) is 2.11. The third kappa shape index (κ3) is 4.13. The number of aryl methyl sites for hydroxylation is 1. The highest BCUT2D eigenvalue weighted by Crippen LogP contribution is 2.26. The van der Waals surface area contributed by atoms with Crippen molar-refractivity contribution in [2.75, 3.05) is 35.2 Å². The van der Waals surface area contributed by atoms with Gasteiger partial charge in [-0.1, -0.05) is 11.6 Å². The molecular formula is C21H23ClN6O3. The number of rotatable bonds is 5. The summed E-state index contributed by atoms with van der Waals surface area (Å²) in [6.45, 7) is 1.65. The fourth-order valence-corrected chi connectivity index (χ4v) is 3.83. The number of carbonyl (C=O) groups is 1. The molecule has 4 rings (SSSR count). The summed E-state index contributed by atoms with van der Waals surface area (Å²) in [7, 11) is 3.01. The Bertz CT molecular complexity index is 1260. The van der Waals surface area contributed by atoms with Crippen molar-refractivity contribution in [2.45, 2.75) is 12.8 Å². The normalized spacial score (nSPS) is 13.6. The van der Waals surface area contributed by atoms with Crippen LogP contribution in [-0.4, -0.2) is 39.7 Å². The van der Waals surface area contributed by atoms with Crippen LogP contribution in [0.1, 0.15) is 12.8 Å². The van der Waals surface area contributed by atoms with Crippen molar-refractivity contribution >= 4 is 45.7 Å². The maximum Gasteiger partial charge on any atom is 0.332 e. The minimum absolute atomic E-state index is 0.0623. The predicted octanol–water partition coefficient (Wildman–Crippen LogP) is 1.94. The topological polar surface area (TPSA) is 101 Å². The average molecular weight is 443 g/mol. The number of carbonyl (C=O) groups excluding carboxylic acids is 1. The Labute approximate surface area is 183 Å². The maximum atomic E-state index is 12.9. The largest absolute Gasteiger partial charge is 0.375 e. The smallest absolute Gasteiger partial charge is 0.332 e. The minimum Gasteiger partial charge on any atom is -0.375 e. The fraction of sp³-hybridized carbons (Fsp3) is 0.333. The standard InChI is InChI=1S/C21H23ClN6O3/c1-26-19-18(20(30)27(2)21(26)31)15(11-16(25-19)28-9-3-4-10-28)23-12-17(29)24-14-7-5-13(22)6-8-14/h5-8,11H,3-4,9-10,12H2,1-2H3,(H,23,25)(H,24,29). The van der Waals surface area contributed by atoms with Gasteiger partial charge < -0.3 is 15.5 Å². The lowest BCUT2D eigenvalue weighted by molar-refractivity contribution is -0.114. The second-order valence-electron chi connectivity index (χ2n) is 7.54. The molecule has 0 bridgehead atoms. The van der Waals surface area contributed by atoms with Crippen LogP contribution in [0.25, 0.3) is 11.0 Å². The third-order valence-corrected chi connectivity index (χ3v) is 5.65. The molecule has 1 saturated heterocycles. The number of nitrogens with zero attached hydrogens (tertiary/aromatic N) is 4. The van der Waals surface area contributed by atoms with Crippen LogP contribution in [0.4, 0.5) is 17.2 Å². The molecule has 0 saturated carbocycles. The molecule has 9 nitrogen and oxygen atoms in total. The van der Waals surface area contributed by atoms with E-state index in [9.17, 15) is 14.4 Å². The zero-order chi connectivity index (χ0) is 22.1. The molecule has 1 amide bonds. The van der Waals surface area contributed by atoms with Crippen LogP contribution in [0.15, 0.2) is 39.9 Å². The van der Waals surface area contributed by atoms with Crippen molar-refractivity contribution in [3.8, 4) is 0 Å². The SMILES string of the molecule is Cn1c(=O)c2c(NCC(=O)Nc3ccc(Cl)cc3)cc(N3CCCC3)nc2n(C)c1=O. The number of hydrogen-bond donors (Lipinski definition) is 2. The average Bonchev–Trinajstić information content (AvgIpc) is 3.31. The Morgan fingerprint density at radius 3 is 2.45 bits per heavy atom. The molecule has 3 heterocycles. The molecule has 1 aromatic carbocycles. The molecule has 1 fully saturated rings. The van der Waals surface area contributed by atoms with Crippen molar-refractivity contribution in [1.82, 2.24) is 14.1 Å². The number of nitrogens with one attached hydrogen (secondary N) is 2. The van der Waals surface area contributed by atoms with E-state index in [0.717, 1.165) is 30.5 Å². The van der Waals surface area contributed by atoms with Gasteiger partial charge >= 0.3 is 5.69 Å². The van der Waals surface area contributed by atoms with Gasteiger partial charge in [0.2, 0.25) is 5.91 Å². The van der Waals surface area contributed by atoms with Crippen LogP contribution >= 0.6 is 11.6 Å². The van der Waals surface area contributed by atoms with E-state index in [-0.39, 0.29) is 23.5 Å². The van der Waals surface area contributed by atoms with Gasteiger partial charge in [-0.15, -0.1) is 0 Å². The van der Waals surface area contributed by atoms with E-state index in [4.69, 9.17) is 11.6 Å². The lowest BCUT2D eigenvalue weighted by atomic mass is 10.2. The van der Waals surface area contributed by atoms with Crippen LogP contribution < -0.4 is 26.8 Å². The summed E-state index contributed by atoms with van der Waals surface area (Å²) in [6, 6.07) is 8.56. The molecule has 0 atom stereocenters. The van der Waals surface area contributed by atoms with Crippen molar-refractivity contribution < 1.29 is 4.79 Å². The van der Waals surface area contributed by atoms with Gasteiger partial charge in [0, 0.05) is 44.0 Å². The van der Waals surface area contributed by atoms with Crippen LogP contribution in [0.3, 0.4) is 0 Å². The maximum absolute atomic E-state index is 12.9. The molecule has 0 radical (unpaired) electrons. The Hall–Kier alpha value is -3.33. The number of fused-ring (bicyclic) bond motifs is 1. The zero-order valence-corrected chi connectivity index (χ0v) is 18.1. The summed E-state index contributed by atoms with van der Waals surface area (Å²) in [5.74, 6) is 0.394. The van der Waals surface area contributed by atoms with Gasteiger partial charge in [0.15, 0.2) is 5.65 Å². The van der Waals surface area contributed by atoms with Crippen molar-refractivity contribution in [1.29, 1.82) is 0 Å². The van der Waals surface area contributed by atoms with E-state index in [0.29, 0.717) is 22.2 Å². The first-order chi connectivity index (χ1) is 14.8. The van der Waals surface area contributed by atoms with Crippen molar-refractivity contribution in [3.05, 3.63) is 56.2 Å². The van der Waals surface area contributed by atoms with E-state index in [1.807, 2.05) is 0 Å². The van der Waals surface area contributed by atoms with E-state index in [1.54, 1.807) is 37.4 Å². The Morgan fingerprint density at radius 1 is 1.10 bits per heavy atom. The second kappa shape index (κ2) is 8.43. The van der Waals surface area contributed by atoms with E-state index in [1.165, 1.54) is 11.6 Å². The van der Waals surface area contributed by atoms with E-state index >= 15 is 0 Å². The summed E-state index contributed by atoms with van der Waals surface area (Å²) >= 11 is 5.87. The molecule has 2 N–H and O–H groups in total. The molecule has 3 aromatic rings. The van der Waals surface area contributed by atoms with Crippen LogP contribution in [-0.2, 0) is 18.9 Å². The molecule has 0 spiro atoms. The first-order valence-electron chi connectivity index (χ1n) is 10.00. The highest BCUT2D eigenvalue weighted by molar-refractivity contribution is 6.30. The van der Waals surface area contributed by atoms with E-state index in [2.05, 4.69) is 20.5 Å². The number of benzene rings is 1. The molecule has 0 aliphatic carbocycles. The molecule has 2 aromatic heterocycles. The first-order valence-corrected chi connectivity index (χ1v) is 10.4. The lowest BCUT2D eigenvalue weighted by Gasteiger charge is -2.20. The first kappa shape index (κ1) is 20.9. The quantitative estimate of drug-likeness (QED) is 0.626. The number of aromatic nitrogens is 3. The van der Waals surface area contributed by atoms with Gasteiger partial charge in [-0.2, -0.15) is 0 Å². The molecule has 1 aliphatic heterocycles. The van der Waals surface area contributed by atoms with Gasteiger partial charge in [0.25, 0.3) is 5.56 Å². The predicted molar refractivity (Wildman–Crippen MR) is 122 cm³/mol. The summed E-state index contributed by atoms with van der Waals surface area (Å²) in [5, 5.41) is 6.69. The lowest BCUT2D eigenvalue weighted by Crippen LogP contribution is -2.38. The van der Waals surface area contributed by atoms with Crippen LogP contribution in [0.5, 0.6) is 0 Å². The summed E-state index contributed by atoms with van der Waals surface area (Å²) < 4.78 is 2.40. The Balaban J connectivity index is 1.69. The number of amides is 1. The third-order valence-electron chi connectivity index (χ3n) is 5.39. The summed E-state index contributed by atoms with van der Waals surface area (Å²) in [5.41, 5.74) is 0.466. The monoisotopic (exact) mass is 442 g/mol. The van der Waals surface area contributed by atoms with E-state index < -0.39 is 11.2 Å². The molecule has 1 aliphatic rings. The van der Waals surface area contributed by atoms with Crippen LogP contribution in [0, 0.1) is 0 Å².